The van der Waals surface area contributed by atoms with Gasteiger partial charge in [0.25, 0.3) is 0 Å². The van der Waals surface area contributed by atoms with E-state index in [0.29, 0.717) is 18.9 Å². The summed E-state index contributed by atoms with van der Waals surface area (Å²) < 4.78 is 17.7. The highest BCUT2D eigenvalue weighted by Crippen LogP contribution is 2.10. The van der Waals surface area contributed by atoms with Crippen LogP contribution in [0.15, 0.2) is 24.3 Å². The summed E-state index contributed by atoms with van der Waals surface area (Å²) in [5, 5.41) is 0. The molecule has 0 unspecified atom stereocenters. The van der Waals surface area contributed by atoms with Crippen molar-refractivity contribution in [1.82, 2.24) is 5.43 Å². The molecule has 1 rings (SSSR count). The van der Waals surface area contributed by atoms with Gasteiger partial charge in [-0.05, 0) is 30.7 Å². The van der Waals surface area contributed by atoms with Crippen LogP contribution in [0.1, 0.15) is 6.42 Å². The molecule has 0 radical (unpaired) electrons. The number of hydrazine groups is 1. The van der Waals surface area contributed by atoms with Gasteiger partial charge >= 0.3 is 0 Å². The van der Waals surface area contributed by atoms with Gasteiger partial charge < -0.3 is 4.74 Å². The van der Waals surface area contributed by atoms with Gasteiger partial charge in [-0.1, -0.05) is 0 Å². The fourth-order valence-corrected chi connectivity index (χ4v) is 0.895. The third-order valence-corrected chi connectivity index (χ3v) is 1.55. The molecule has 0 atom stereocenters. The van der Waals surface area contributed by atoms with Gasteiger partial charge in [-0.2, -0.15) is 0 Å². The minimum absolute atomic E-state index is 0.254. The molecular formula is C9H13FN2O. The SMILES string of the molecule is NNCCCOc1ccc(F)cc1. The minimum atomic E-state index is -0.254. The Morgan fingerprint density at radius 1 is 1.31 bits per heavy atom. The molecule has 1 aromatic rings. The number of hydrogen-bond donors (Lipinski definition) is 2. The van der Waals surface area contributed by atoms with Crippen molar-refractivity contribution in [1.29, 1.82) is 0 Å². The highest BCUT2D eigenvalue weighted by molar-refractivity contribution is 5.21. The molecule has 72 valence electrons. The number of ether oxygens (including phenoxy) is 1. The van der Waals surface area contributed by atoms with Gasteiger partial charge in [0.05, 0.1) is 6.61 Å². The summed E-state index contributed by atoms with van der Waals surface area (Å²) in [5.41, 5.74) is 2.52. The van der Waals surface area contributed by atoms with Gasteiger partial charge in [0, 0.05) is 6.54 Å². The van der Waals surface area contributed by atoms with Crippen molar-refractivity contribution in [2.45, 2.75) is 6.42 Å². The molecule has 13 heavy (non-hydrogen) atoms. The first-order valence-corrected chi connectivity index (χ1v) is 4.15. The molecule has 0 saturated carbocycles. The van der Waals surface area contributed by atoms with E-state index in [1.807, 2.05) is 0 Å². The Bertz CT molecular complexity index is 238. The van der Waals surface area contributed by atoms with Crippen LogP contribution in [0.4, 0.5) is 4.39 Å². The van der Waals surface area contributed by atoms with Crippen molar-refractivity contribution in [3.63, 3.8) is 0 Å². The van der Waals surface area contributed by atoms with Crippen LogP contribution in [-0.4, -0.2) is 13.2 Å². The summed E-state index contributed by atoms with van der Waals surface area (Å²) in [6, 6.07) is 5.95. The molecule has 0 fully saturated rings. The zero-order valence-electron chi connectivity index (χ0n) is 7.29. The maximum absolute atomic E-state index is 12.4. The molecule has 4 heteroatoms. The average Bonchev–Trinajstić information content (AvgIpc) is 2.15. The molecule has 3 N–H and O–H groups in total. The van der Waals surface area contributed by atoms with Crippen LogP contribution in [0.2, 0.25) is 0 Å². The first-order valence-electron chi connectivity index (χ1n) is 4.15. The van der Waals surface area contributed by atoms with Gasteiger partial charge in [-0.25, -0.2) is 4.39 Å². The Hall–Kier alpha value is -1.13. The molecule has 1 aromatic carbocycles. The molecule has 0 saturated heterocycles. The van der Waals surface area contributed by atoms with E-state index in [0.717, 1.165) is 6.42 Å². The third-order valence-electron chi connectivity index (χ3n) is 1.55. The van der Waals surface area contributed by atoms with E-state index in [1.54, 1.807) is 12.1 Å². The highest BCUT2D eigenvalue weighted by Gasteiger charge is 1.93. The molecule has 0 amide bonds. The van der Waals surface area contributed by atoms with Gasteiger partial charge in [-0.15, -0.1) is 0 Å². The van der Waals surface area contributed by atoms with Crippen LogP contribution in [-0.2, 0) is 0 Å². The second kappa shape index (κ2) is 5.50. The van der Waals surface area contributed by atoms with E-state index in [1.165, 1.54) is 12.1 Å². The number of halogens is 1. The first-order chi connectivity index (χ1) is 6.33. The van der Waals surface area contributed by atoms with Gasteiger partial charge in [0.1, 0.15) is 11.6 Å². The minimum Gasteiger partial charge on any atom is -0.494 e. The van der Waals surface area contributed by atoms with Crippen LogP contribution >= 0.6 is 0 Å². The number of nitrogens with two attached hydrogens (primary N) is 1. The third kappa shape index (κ3) is 3.87. The standard InChI is InChI=1S/C9H13FN2O/c10-8-2-4-9(5-3-8)13-7-1-6-12-11/h2-5,12H,1,6-7,11H2. The molecule has 0 aliphatic rings. The lowest BCUT2D eigenvalue weighted by molar-refractivity contribution is 0.308. The molecule has 0 heterocycles. The Kier molecular flexibility index (Phi) is 4.21. The topological polar surface area (TPSA) is 47.3 Å². The highest BCUT2D eigenvalue weighted by atomic mass is 19.1. The largest absolute Gasteiger partial charge is 0.494 e. The van der Waals surface area contributed by atoms with Crippen LogP contribution in [0.3, 0.4) is 0 Å². The second-order valence-corrected chi connectivity index (χ2v) is 2.61. The lowest BCUT2D eigenvalue weighted by Crippen LogP contribution is -2.24. The molecule has 0 bridgehead atoms. The average molecular weight is 184 g/mol. The lowest BCUT2D eigenvalue weighted by atomic mass is 10.3. The number of rotatable bonds is 5. The molecule has 0 aliphatic carbocycles. The van der Waals surface area contributed by atoms with Crippen molar-refractivity contribution in [2.75, 3.05) is 13.2 Å². The van der Waals surface area contributed by atoms with E-state index in [4.69, 9.17) is 10.6 Å². The molecular weight excluding hydrogens is 171 g/mol. The maximum Gasteiger partial charge on any atom is 0.123 e. The maximum atomic E-state index is 12.4. The number of hydrogen-bond acceptors (Lipinski definition) is 3. The molecule has 0 aromatic heterocycles. The van der Waals surface area contributed by atoms with Crippen LogP contribution in [0.25, 0.3) is 0 Å². The Labute approximate surface area is 76.7 Å². The number of nitrogens with one attached hydrogen (secondary N) is 1. The van der Waals surface area contributed by atoms with Crippen molar-refractivity contribution >= 4 is 0 Å². The predicted octanol–water partition coefficient (Wildman–Crippen LogP) is 1.06. The smallest absolute Gasteiger partial charge is 0.123 e. The van der Waals surface area contributed by atoms with Crippen molar-refractivity contribution in [2.24, 2.45) is 5.84 Å². The van der Waals surface area contributed by atoms with Gasteiger partial charge in [0.2, 0.25) is 0 Å². The van der Waals surface area contributed by atoms with E-state index in [9.17, 15) is 4.39 Å². The van der Waals surface area contributed by atoms with E-state index < -0.39 is 0 Å². The van der Waals surface area contributed by atoms with Crippen LogP contribution in [0.5, 0.6) is 5.75 Å². The summed E-state index contributed by atoms with van der Waals surface area (Å²) in [5.74, 6) is 5.50. The zero-order valence-corrected chi connectivity index (χ0v) is 7.29. The van der Waals surface area contributed by atoms with Crippen molar-refractivity contribution in [3.8, 4) is 5.75 Å². The van der Waals surface area contributed by atoms with Crippen LogP contribution < -0.4 is 16.0 Å². The summed E-state index contributed by atoms with van der Waals surface area (Å²) in [6.07, 6.45) is 0.827. The summed E-state index contributed by atoms with van der Waals surface area (Å²) in [7, 11) is 0. The van der Waals surface area contributed by atoms with Gasteiger partial charge in [-0.3, -0.25) is 11.3 Å². The van der Waals surface area contributed by atoms with Crippen molar-refractivity contribution in [3.05, 3.63) is 30.1 Å². The second-order valence-electron chi connectivity index (χ2n) is 2.61. The first kappa shape index (κ1) is 9.95. The quantitative estimate of drug-likeness (QED) is 0.408. The van der Waals surface area contributed by atoms with E-state index in [2.05, 4.69) is 5.43 Å². The summed E-state index contributed by atoms with van der Waals surface area (Å²) in [4.78, 5) is 0. The molecule has 0 spiro atoms. The fourth-order valence-electron chi connectivity index (χ4n) is 0.895. The van der Waals surface area contributed by atoms with Gasteiger partial charge in [0.15, 0.2) is 0 Å². The molecule has 3 nitrogen and oxygen atoms in total. The van der Waals surface area contributed by atoms with E-state index in [-0.39, 0.29) is 5.82 Å². The summed E-state index contributed by atoms with van der Waals surface area (Å²) >= 11 is 0. The Balaban J connectivity index is 2.25. The lowest BCUT2D eigenvalue weighted by Gasteiger charge is -2.04. The monoisotopic (exact) mass is 184 g/mol. The Morgan fingerprint density at radius 3 is 2.62 bits per heavy atom. The normalized spacial score (nSPS) is 10.0. The molecule has 0 aliphatic heterocycles. The fraction of sp³-hybridized carbons (Fsp3) is 0.333. The summed E-state index contributed by atoms with van der Waals surface area (Å²) in [6.45, 7) is 1.29. The number of benzene rings is 1. The zero-order chi connectivity index (χ0) is 9.52. The van der Waals surface area contributed by atoms with Crippen molar-refractivity contribution < 1.29 is 9.13 Å². The van der Waals surface area contributed by atoms with E-state index >= 15 is 0 Å². The van der Waals surface area contributed by atoms with Crippen LogP contribution in [0, 0.1) is 5.82 Å². The predicted molar refractivity (Wildman–Crippen MR) is 48.7 cm³/mol. The Morgan fingerprint density at radius 2 is 2.00 bits per heavy atom.